The first-order valence-corrected chi connectivity index (χ1v) is 12.4. The molecule has 170 valence electrons. The average Bonchev–Trinajstić information content (AvgIpc) is 2.74. The quantitative estimate of drug-likeness (QED) is 0.438. The average molecular weight is 411 g/mol. The van der Waals surface area contributed by atoms with E-state index in [0.717, 1.165) is 44.1 Å². The minimum absolute atomic E-state index is 0. The molecule has 0 spiro atoms. The van der Waals surface area contributed by atoms with Gasteiger partial charge in [-0.3, -0.25) is 16.0 Å². The molecule has 3 aliphatic carbocycles. The van der Waals surface area contributed by atoms with Crippen molar-refractivity contribution in [2.75, 3.05) is 33.4 Å². The highest BCUT2D eigenvalue weighted by atomic mass is 16.5. The smallest absolute Gasteiger partial charge is 0.112 e. The summed E-state index contributed by atoms with van der Waals surface area (Å²) in [6.45, 7) is 4.17. The molecular formula is C23H46N4O2. The number of rotatable bonds is 9. The van der Waals surface area contributed by atoms with Crippen LogP contribution in [0.4, 0.5) is 0 Å². The van der Waals surface area contributed by atoms with Gasteiger partial charge in [0.1, 0.15) is 6.29 Å². The Morgan fingerprint density at radius 3 is 2.10 bits per heavy atom. The first kappa shape index (κ1) is 22.0. The first-order chi connectivity index (χ1) is 14.3. The Balaban J connectivity index is 0.00000256. The fraction of sp³-hybridized carbons (Fsp3) is 1.00. The van der Waals surface area contributed by atoms with E-state index >= 15 is 0 Å². The van der Waals surface area contributed by atoms with E-state index in [-0.39, 0.29) is 7.72 Å². The van der Waals surface area contributed by atoms with Crippen LogP contribution in [0.25, 0.3) is 0 Å². The maximum Gasteiger partial charge on any atom is 0.112 e. The second kappa shape index (κ2) is 11.4. The fourth-order valence-corrected chi connectivity index (χ4v) is 5.66. The van der Waals surface area contributed by atoms with E-state index in [4.69, 9.17) is 9.47 Å². The summed E-state index contributed by atoms with van der Waals surface area (Å²) in [4.78, 5) is 0. The van der Waals surface area contributed by atoms with E-state index in [1.54, 1.807) is 0 Å². The van der Waals surface area contributed by atoms with Crippen molar-refractivity contribution in [1.82, 2.24) is 21.3 Å². The molecule has 0 aromatic heterocycles. The third-order valence-corrected chi connectivity index (χ3v) is 7.96. The van der Waals surface area contributed by atoms with Crippen LogP contribution in [-0.2, 0) is 9.47 Å². The molecule has 1 heterocycles. The van der Waals surface area contributed by atoms with Crippen LogP contribution in [0.3, 0.4) is 0 Å². The lowest BCUT2D eigenvalue weighted by atomic mass is 9.78. The maximum atomic E-state index is 6.11. The molecule has 0 unspecified atom stereocenters. The molecule has 29 heavy (non-hydrogen) atoms. The molecule has 4 fully saturated rings. The van der Waals surface area contributed by atoms with Crippen molar-refractivity contribution in [3.8, 4) is 0 Å². The summed E-state index contributed by atoms with van der Waals surface area (Å²) >= 11 is 0. The molecule has 6 heteroatoms. The van der Waals surface area contributed by atoms with Crippen molar-refractivity contribution in [2.24, 2.45) is 11.8 Å². The highest BCUT2D eigenvalue weighted by Gasteiger charge is 2.31. The summed E-state index contributed by atoms with van der Waals surface area (Å²) in [5.74, 6) is 1.62. The van der Waals surface area contributed by atoms with Gasteiger partial charge < -0.3 is 14.8 Å². The minimum Gasteiger partial charge on any atom is -0.381 e. The van der Waals surface area contributed by atoms with Gasteiger partial charge in [0.2, 0.25) is 0 Å². The van der Waals surface area contributed by atoms with Crippen molar-refractivity contribution in [3.05, 3.63) is 0 Å². The Labute approximate surface area is 179 Å². The maximum absolute atomic E-state index is 6.11. The monoisotopic (exact) mass is 410 g/mol. The van der Waals surface area contributed by atoms with Crippen LogP contribution in [0.1, 0.15) is 72.1 Å². The highest BCUT2D eigenvalue weighted by molar-refractivity contribution is 4.87. The van der Waals surface area contributed by atoms with E-state index in [2.05, 4.69) is 21.3 Å². The van der Waals surface area contributed by atoms with Crippen molar-refractivity contribution in [1.29, 1.82) is 0 Å². The van der Waals surface area contributed by atoms with Gasteiger partial charge in [-0.05, 0) is 76.0 Å². The second-order valence-corrected chi connectivity index (χ2v) is 9.88. The van der Waals surface area contributed by atoms with Crippen molar-refractivity contribution < 1.29 is 10.9 Å². The SMILES string of the molecule is COC1CCC(C2CNC(NC3CCC(OCCNC4CCC4)CC3)NC2)CC1.[HH]. The second-order valence-electron chi connectivity index (χ2n) is 9.88. The van der Waals surface area contributed by atoms with Crippen molar-refractivity contribution in [3.63, 3.8) is 0 Å². The Hall–Kier alpha value is -0.240. The molecular weight excluding hydrogens is 364 g/mol. The van der Waals surface area contributed by atoms with Crippen molar-refractivity contribution >= 4 is 0 Å². The van der Waals surface area contributed by atoms with Gasteiger partial charge in [-0.1, -0.05) is 6.42 Å². The molecule has 0 radical (unpaired) electrons. The van der Waals surface area contributed by atoms with Crippen LogP contribution in [0, 0.1) is 11.8 Å². The van der Waals surface area contributed by atoms with Gasteiger partial charge in [-0.25, -0.2) is 0 Å². The molecule has 6 nitrogen and oxygen atoms in total. The molecule has 0 aromatic carbocycles. The van der Waals surface area contributed by atoms with Crippen LogP contribution < -0.4 is 21.3 Å². The molecule has 0 atom stereocenters. The van der Waals surface area contributed by atoms with Crippen LogP contribution in [0.5, 0.6) is 0 Å². The molecule has 0 amide bonds. The Morgan fingerprint density at radius 1 is 0.793 bits per heavy atom. The predicted molar refractivity (Wildman–Crippen MR) is 119 cm³/mol. The van der Waals surface area contributed by atoms with Gasteiger partial charge in [0.05, 0.1) is 18.8 Å². The van der Waals surface area contributed by atoms with Crippen LogP contribution in [0.15, 0.2) is 0 Å². The summed E-state index contributed by atoms with van der Waals surface area (Å²) in [6, 6.07) is 1.38. The third-order valence-electron chi connectivity index (χ3n) is 7.96. The number of nitrogens with one attached hydrogen (secondary N) is 4. The van der Waals surface area contributed by atoms with Gasteiger partial charge in [0.25, 0.3) is 0 Å². The zero-order chi connectivity index (χ0) is 19.9. The lowest BCUT2D eigenvalue weighted by Gasteiger charge is -2.40. The van der Waals surface area contributed by atoms with Gasteiger partial charge in [0, 0.05) is 40.3 Å². The van der Waals surface area contributed by atoms with E-state index in [9.17, 15) is 0 Å². The Bertz CT molecular complexity index is 458. The third kappa shape index (κ3) is 6.62. The van der Waals surface area contributed by atoms with Crippen LogP contribution in [-0.4, -0.2) is 63.9 Å². The number of ether oxygens (including phenoxy) is 2. The molecule has 0 bridgehead atoms. The largest absolute Gasteiger partial charge is 0.381 e. The minimum atomic E-state index is 0. The number of methoxy groups -OCH3 is 1. The molecule has 1 aliphatic heterocycles. The van der Waals surface area contributed by atoms with E-state index < -0.39 is 0 Å². The van der Waals surface area contributed by atoms with E-state index in [1.807, 2.05) is 7.11 Å². The Morgan fingerprint density at radius 2 is 1.48 bits per heavy atom. The molecule has 4 aliphatic rings. The molecule has 0 aromatic rings. The summed E-state index contributed by atoms with van der Waals surface area (Å²) in [5.41, 5.74) is 0. The zero-order valence-electron chi connectivity index (χ0n) is 18.5. The topological polar surface area (TPSA) is 66.6 Å². The van der Waals surface area contributed by atoms with Gasteiger partial charge in [0.15, 0.2) is 0 Å². The van der Waals surface area contributed by atoms with Crippen LogP contribution >= 0.6 is 0 Å². The number of hydrogen-bond donors (Lipinski definition) is 4. The fourth-order valence-electron chi connectivity index (χ4n) is 5.66. The first-order valence-electron chi connectivity index (χ1n) is 12.4. The lowest BCUT2D eigenvalue weighted by Crippen LogP contribution is -2.63. The summed E-state index contributed by atoms with van der Waals surface area (Å²) in [5, 5.41) is 14.8. The summed E-state index contributed by atoms with van der Waals surface area (Å²) in [6.07, 6.45) is 15.3. The molecule has 4 N–H and O–H groups in total. The van der Waals surface area contributed by atoms with E-state index in [1.165, 1.54) is 70.6 Å². The Kier molecular flexibility index (Phi) is 8.64. The lowest BCUT2D eigenvalue weighted by molar-refractivity contribution is 0.0192. The molecule has 4 rings (SSSR count). The van der Waals surface area contributed by atoms with Crippen molar-refractivity contribution in [2.45, 2.75) is 101 Å². The zero-order valence-corrected chi connectivity index (χ0v) is 18.5. The number of hydrogen-bond acceptors (Lipinski definition) is 6. The molecule has 1 saturated heterocycles. The van der Waals surface area contributed by atoms with Gasteiger partial charge in [-0.15, -0.1) is 0 Å². The van der Waals surface area contributed by atoms with Gasteiger partial charge >= 0.3 is 0 Å². The standard InChI is InChI=1S/C23H44N4O2.H2/c1-28-21-9-5-17(6-10-21)18-15-25-23(26-16-18)27-20-7-11-22(12-8-20)29-14-13-24-19-3-2-4-19;/h17-27H,2-16H2,1H3;1H. The highest BCUT2D eigenvalue weighted by Crippen LogP contribution is 2.32. The van der Waals surface area contributed by atoms with E-state index in [0.29, 0.717) is 18.2 Å². The normalized spacial score (nSPS) is 39.2. The predicted octanol–water partition coefficient (Wildman–Crippen LogP) is 2.59. The summed E-state index contributed by atoms with van der Waals surface area (Å²) < 4.78 is 11.6. The van der Waals surface area contributed by atoms with Gasteiger partial charge in [-0.2, -0.15) is 0 Å². The molecule has 3 saturated carbocycles. The summed E-state index contributed by atoms with van der Waals surface area (Å²) in [7, 11) is 1.86. The van der Waals surface area contributed by atoms with Crippen LogP contribution in [0.2, 0.25) is 0 Å².